The van der Waals surface area contributed by atoms with Crippen molar-refractivity contribution in [2.75, 3.05) is 5.75 Å². The van der Waals surface area contributed by atoms with E-state index >= 15 is 0 Å². The molecule has 0 saturated heterocycles. The molecule has 0 atom stereocenters. The van der Waals surface area contributed by atoms with Gasteiger partial charge in [-0.25, -0.2) is 13.4 Å². The topological polar surface area (TPSA) is 70.8 Å². The molecule has 0 N–H and O–H groups in total. The summed E-state index contributed by atoms with van der Waals surface area (Å²) in [7, 11) is -3.36. The Bertz CT molecular complexity index is 501. The highest BCUT2D eigenvalue weighted by atomic mass is 32.2. The van der Waals surface area contributed by atoms with Gasteiger partial charge < -0.3 is 0 Å². The van der Waals surface area contributed by atoms with Gasteiger partial charge in [-0.1, -0.05) is 13.8 Å². The van der Waals surface area contributed by atoms with E-state index in [1.165, 1.54) is 12.3 Å². The molecule has 0 fully saturated rings. The van der Waals surface area contributed by atoms with E-state index in [0.29, 0.717) is 6.42 Å². The summed E-state index contributed by atoms with van der Waals surface area (Å²) in [5.74, 6) is -0.0173. The van der Waals surface area contributed by atoms with Crippen LogP contribution < -0.4 is 0 Å². The van der Waals surface area contributed by atoms with Crippen LogP contribution in [-0.2, 0) is 16.3 Å². The zero-order chi connectivity index (χ0) is 11.5. The van der Waals surface area contributed by atoms with Crippen LogP contribution in [-0.4, -0.2) is 19.2 Å². The number of hydrogen-bond acceptors (Lipinski definition) is 4. The molecule has 1 aromatic heterocycles. The summed E-state index contributed by atoms with van der Waals surface area (Å²) in [5.41, 5.74) is 0.801. The summed E-state index contributed by atoms with van der Waals surface area (Å²) in [5, 5.41) is 8.76. The predicted molar refractivity (Wildman–Crippen MR) is 56.1 cm³/mol. The maximum absolute atomic E-state index is 11.7. The fourth-order valence-electron chi connectivity index (χ4n) is 1.15. The molecular weight excluding hydrogens is 212 g/mol. The van der Waals surface area contributed by atoms with Crippen LogP contribution in [0.15, 0.2) is 17.2 Å². The lowest BCUT2D eigenvalue weighted by Crippen LogP contribution is -2.08. The van der Waals surface area contributed by atoms with Gasteiger partial charge in [0.2, 0.25) is 0 Å². The Morgan fingerprint density at radius 3 is 2.60 bits per heavy atom. The van der Waals surface area contributed by atoms with Gasteiger partial charge in [0.05, 0.1) is 5.75 Å². The molecule has 1 heterocycles. The van der Waals surface area contributed by atoms with E-state index in [1.807, 2.05) is 6.92 Å². The van der Waals surface area contributed by atoms with Gasteiger partial charge in [0.15, 0.2) is 15.5 Å². The minimum atomic E-state index is -3.36. The molecule has 5 heteroatoms. The Hall–Kier alpha value is -1.41. The lowest BCUT2D eigenvalue weighted by molar-refractivity contribution is 0.596. The van der Waals surface area contributed by atoms with E-state index in [9.17, 15) is 8.42 Å². The van der Waals surface area contributed by atoms with Crippen LogP contribution >= 0.6 is 0 Å². The van der Waals surface area contributed by atoms with Gasteiger partial charge in [0.25, 0.3) is 0 Å². The molecular formula is C10H12N2O2S. The molecule has 1 rings (SSSR count). The second-order valence-corrected chi connectivity index (χ2v) is 5.31. The summed E-state index contributed by atoms with van der Waals surface area (Å²) in [6.07, 6.45) is 2.23. The van der Waals surface area contributed by atoms with Gasteiger partial charge in [-0.2, -0.15) is 5.26 Å². The first-order valence-corrected chi connectivity index (χ1v) is 6.32. The van der Waals surface area contributed by atoms with Gasteiger partial charge >= 0.3 is 0 Å². The van der Waals surface area contributed by atoms with E-state index in [1.54, 1.807) is 13.0 Å². The van der Waals surface area contributed by atoms with Crippen LogP contribution in [0.4, 0.5) is 0 Å². The molecule has 0 saturated carbocycles. The van der Waals surface area contributed by atoms with E-state index in [0.717, 1.165) is 5.56 Å². The predicted octanol–water partition coefficient (Wildman–Crippen LogP) is 1.31. The summed E-state index contributed by atoms with van der Waals surface area (Å²) in [4.78, 5) is 3.89. The normalized spacial score (nSPS) is 11.0. The van der Waals surface area contributed by atoms with Crippen molar-refractivity contribution in [2.45, 2.75) is 25.2 Å². The fourth-order valence-corrected chi connectivity index (χ4v) is 2.19. The molecule has 80 valence electrons. The molecule has 0 aliphatic heterocycles. The lowest BCUT2D eigenvalue weighted by Gasteiger charge is -2.04. The standard InChI is InChI=1S/C10H12N2O2S/c1-3-8-5-10(15(13,14)4-2)9(6-11)12-7-8/h5,7H,3-4H2,1-2H3. The maximum atomic E-state index is 11.7. The van der Waals surface area contributed by atoms with Crippen molar-refractivity contribution in [3.05, 3.63) is 23.5 Å². The van der Waals surface area contributed by atoms with Crippen molar-refractivity contribution in [1.29, 1.82) is 5.26 Å². The summed E-state index contributed by atoms with van der Waals surface area (Å²) >= 11 is 0. The number of aromatic nitrogens is 1. The van der Waals surface area contributed by atoms with Crippen LogP contribution in [0, 0.1) is 11.3 Å². The quantitative estimate of drug-likeness (QED) is 0.776. The van der Waals surface area contributed by atoms with Crippen LogP contribution in [0.3, 0.4) is 0 Å². The Balaban J connectivity index is 3.45. The highest BCUT2D eigenvalue weighted by molar-refractivity contribution is 7.91. The van der Waals surface area contributed by atoms with Crippen molar-refractivity contribution in [1.82, 2.24) is 4.98 Å². The maximum Gasteiger partial charge on any atom is 0.180 e. The number of nitrogens with zero attached hydrogens (tertiary/aromatic N) is 2. The van der Waals surface area contributed by atoms with Gasteiger partial charge in [-0.15, -0.1) is 0 Å². The van der Waals surface area contributed by atoms with Gasteiger partial charge in [0, 0.05) is 6.20 Å². The molecule has 0 radical (unpaired) electrons. The second-order valence-electron chi connectivity index (χ2n) is 3.06. The average Bonchev–Trinajstić information content (AvgIpc) is 2.28. The number of rotatable bonds is 3. The third kappa shape index (κ3) is 2.34. The molecule has 0 amide bonds. The summed E-state index contributed by atoms with van der Waals surface area (Å²) in [6, 6.07) is 3.33. The molecule has 0 aliphatic carbocycles. The number of nitriles is 1. The summed E-state index contributed by atoms with van der Waals surface area (Å²) < 4.78 is 23.3. The number of sulfone groups is 1. The average molecular weight is 224 g/mol. The minimum absolute atomic E-state index is 0.0173. The monoisotopic (exact) mass is 224 g/mol. The van der Waals surface area contributed by atoms with Gasteiger partial charge in [-0.3, -0.25) is 0 Å². The Morgan fingerprint density at radius 2 is 2.13 bits per heavy atom. The van der Waals surface area contributed by atoms with Crippen molar-refractivity contribution in [2.24, 2.45) is 0 Å². The third-order valence-corrected chi connectivity index (χ3v) is 3.88. The molecule has 15 heavy (non-hydrogen) atoms. The van der Waals surface area contributed by atoms with E-state index in [-0.39, 0.29) is 16.3 Å². The number of pyridine rings is 1. The number of hydrogen-bond donors (Lipinski definition) is 0. The van der Waals surface area contributed by atoms with E-state index in [2.05, 4.69) is 4.98 Å². The smallest absolute Gasteiger partial charge is 0.180 e. The van der Waals surface area contributed by atoms with Crippen molar-refractivity contribution in [3.63, 3.8) is 0 Å². The van der Waals surface area contributed by atoms with E-state index < -0.39 is 9.84 Å². The first-order valence-electron chi connectivity index (χ1n) is 4.67. The van der Waals surface area contributed by atoms with Crippen LogP contribution in [0.25, 0.3) is 0 Å². The molecule has 0 aromatic carbocycles. The number of aryl methyl sites for hydroxylation is 1. The zero-order valence-corrected chi connectivity index (χ0v) is 9.50. The largest absolute Gasteiger partial charge is 0.244 e. The summed E-state index contributed by atoms with van der Waals surface area (Å²) in [6.45, 7) is 3.46. The molecule has 0 bridgehead atoms. The first-order chi connectivity index (χ1) is 7.05. The minimum Gasteiger partial charge on any atom is -0.244 e. The molecule has 1 aromatic rings. The Labute approximate surface area is 89.5 Å². The SMILES string of the molecule is CCc1cnc(C#N)c(S(=O)(=O)CC)c1. The Morgan fingerprint density at radius 1 is 1.47 bits per heavy atom. The highest BCUT2D eigenvalue weighted by Crippen LogP contribution is 2.16. The van der Waals surface area contributed by atoms with Crippen LogP contribution in [0.2, 0.25) is 0 Å². The lowest BCUT2D eigenvalue weighted by atomic mass is 10.2. The van der Waals surface area contributed by atoms with Crippen molar-refractivity contribution < 1.29 is 8.42 Å². The second kappa shape index (κ2) is 4.41. The zero-order valence-electron chi connectivity index (χ0n) is 8.69. The molecule has 0 unspecified atom stereocenters. The highest BCUT2D eigenvalue weighted by Gasteiger charge is 2.18. The van der Waals surface area contributed by atoms with Gasteiger partial charge in [0.1, 0.15) is 11.0 Å². The van der Waals surface area contributed by atoms with E-state index in [4.69, 9.17) is 5.26 Å². The first kappa shape index (κ1) is 11.7. The molecule has 4 nitrogen and oxygen atoms in total. The van der Waals surface area contributed by atoms with Gasteiger partial charge in [-0.05, 0) is 18.1 Å². The van der Waals surface area contributed by atoms with Crippen LogP contribution in [0.1, 0.15) is 25.1 Å². The molecule has 0 aliphatic rings. The Kier molecular flexibility index (Phi) is 3.43. The van der Waals surface area contributed by atoms with Crippen LogP contribution in [0.5, 0.6) is 0 Å². The fraction of sp³-hybridized carbons (Fsp3) is 0.400. The van der Waals surface area contributed by atoms with Crippen molar-refractivity contribution in [3.8, 4) is 6.07 Å². The third-order valence-electron chi connectivity index (χ3n) is 2.14. The molecule has 0 spiro atoms. The van der Waals surface area contributed by atoms with Crippen molar-refractivity contribution >= 4 is 9.84 Å².